The Balaban J connectivity index is 1.65. The fourth-order valence-electron chi connectivity index (χ4n) is 3.89. The highest BCUT2D eigenvalue weighted by Crippen LogP contribution is 2.35. The second kappa shape index (κ2) is 13.3. The molecule has 10 heteroatoms. The van der Waals surface area contributed by atoms with Crippen molar-refractivity contribution in [2.75, 3.05) is 37.0 Å². The first kappa shape index (κ1) is 28.8. The molecule has 208 valence electrons. The van der Waals surface area contributed by atoms with Gasteiger partial charge in [-0.05, 0) is 67.6 Å². The van der Waals surface area contributed by atoms with Crippen molar-refractivity contribution in [2.45, 2.75) is 21.6 Å². The van der Waals surface area contributed by atoms with E-state index in [1.165, 1.54) is 44.2 Å². The summed E-state index contributed by atoms with van der Waals surface area (Å²) in [5.74, 6) is 0.732. The van der Waals surface area contributed by atoms with Gasteiger partial charge in [0.1, 0.15) is 12.3 Å². The topological polar surface area (TPSA) is 94.2 Å². The third-order valence-electron chi connectivity index (χ3n) is 5.80. The Hall–Kier alpha value is -4.15. The van der Waals surface area contributed by atoms with Crippen LogP contribution in [0.3, 0.4) is 0 Å². The summed E-state index contributed by atoms with van der Waals surface area (Å²) in [6.45, 7) is 1.87. The number of methoxy groups -OCH3 is 2. The Morgan fingerprint density at radius 3 is 2.20 bits per heavy atom. The summed E-state index contributed by atoms with van der Waals surface area (Å²) in [6, 6.07) is 28.0. The third kappa shape index (κ3) is 6.88. The highest BCUT2D eigenvalue weighted by Gasteiger charge is 2.29. The van der Waals surface area contributed by atoms with Crippen LogP contribution in [-0.2, 0) is 14.8 Å². The smallest absolute Gasteiger partial charge is 0.264 e. The molecule has 4 aromatic carbocycles. The van der Waals surface area contributed by atoms with Crippen LogP contribution in [0.25, 0.3) is 0 Å². The van der Waals surface area contributed by atoms with Gasteiger partial charge in [-0.25, -0.2) is 8.42 Å². The average molecular weight is 579 g/mol. The average Bonchev–Trinajstić information content (AvgIpc) is 2.97. The van der Waals surface area contributed by atoms with Gasteiger partial charge in [-0.3, -0.25) is 9.10 Å². The van der Waals surface area contributed by atoms with Crippen LogP contribution in [0.1, 0.15) is 6.92 Å². The van der Waals surface area contributed by atoms with Gasteiger partial charge in [0.25, 0.3) is 10.0 Å². The van der Waals surface area contributed by atoms with Crippen molar-refractivity contribution in [3.8, 4) is 17.2 Å². The molecule has 0 aliphatic heterocycles. The molecule has 4 rings (SSSR count). The number of sulfonamides is 1. The lowest BCUT2D eigenvalue weighted by molar-refractivity contribution is -0.114. The maximum Gasteiger partial charge on any atom is 0.264 e. The number of para-hydroxylation sites is 1. The number of anilines is 2. The van der Waals surface area contributed by atoms with Gasteiger partial charge in [0.2, 0.25) is 5.91 Å². The van der Waals surface area contributed by atoms with E-state index >= 15 is 0 Å². The van der Waals surface area contributed by atoms with Crippen LogP contribution in [-0.4, -0.2) is 41.7 Å². The second-order valence-corrected chi connectivity index (χ2v) is 11.4. The van der Waals surface area contributed by atoms with E-state index in [0.29, 0.717) is 29.5 Å². The van der Waals surface area contributed by atoms with Gasteiger partial charge in [-0.1, -0.05) is 42.1 Å². The number of ether oxygens (including phenoxy) is 3. The van der Waals surface area contributed by atoms with Gasteiger partial charge in [0.05, 0.1) is 37.1 Å². The van der Waals surface area contributed by atoms with Crippen molar-refractivity contribution < 1.29 is 27.4 Å². The normalized spacial score (nSPS) is 11.0. The summed E-state index contributed by atoms with van der Waals surface area (Å²) in [5.41, 5.74) is 0.886. The summed E-state index contributed by atoms with van der Waals surface area (Å²) in [4.78, 5) is 15.2. The first-order chi connectivity index (χ1) is 19.3. The summed E-state index contributed by atoms with van der Waals surface area (Å²) in [7, 11) is -1.30. The van der Waals surface area contributed by atoms with Crippen LogP contribution in [0.4, 0.5) is 11.4 Å². The van der Waals surface area contributed by atoms with Crippen molar-refractivity contribution in [1.82, 2.24) is 0 Å². The molecule has 0 bridgehead atoms. The van der Waals surface area contributed by atoms with Gasteiger partial charge in [0, 0.05) is 15.9 Å². The Morgan fingerprint density at radius 2 is 1.52 bits per heavy atom. The monoisotopic (exact) mass is 578 g/mol. The van der Waals surface area contributed by atoms with Crippen molar-refractivity contribution in [3.63, 3.8) is 0 Å². The van der Waals surface area contributed by atoms with Crippen molar-refractivity contribution in [2.24, 2.45) is 0 Å². The number of carbonyl (C=O) groups excluding carboxylic acids is 1. The van der Waals surface area contributed by atoms with E-state index in [1.54, 1.807) is 30.3 Å². The second-order valence-electron chi connectivity index (χ2n) is 8.41. The number of rotatable bonds is 12. The summed E-state index contributed by atoms with van der Waals surface area (Å²) in [6.07, 6.45) is 0. The molecule has 0 saturated carbocycles. The van der Waals surface area contributed by atoms with Crippen molar-refractivity contribution in [1.29, 1.82) is 0 Å². The summed E-state index contributed by atoms with van der Waals surface area (Å²) >= 11 is 1.50. The lowest BCUT2D eigenvalue weighted by Crippen LogP contribution is -2.38. The molecule has 0 aromatic heterocycles. The number of carbonyl (C=O) groups is 1. The first-order valence-electron chi connectivity index (χ1n) is 12.4. The number of hydrogen-bond donors (Lipinski definition) is 1. The molecule has 0 aliphatic rings. The number of nitrogens with one attached hydrogen (secondary N) is 1. The van der Waals surface area contributed by atoms with Crippen molar-refractivity contribution >= 4 is 39.1 Å². The Morgan fingerprint density at radius 1 is 0.850 bits per heavy atom. The summed E-state index contributed by atoms with van der Waals surface area (Å²) in [5, 5.41) is 2.89. The number of benzene rings is 4. The maximum absolute atomic E-state index is 13.9. The number of hydrogen-bond acceptors (Lipinski definition) is 7. The first-order valence-corrected chi connectivity index (χ1v) is 14.7. The van der Waals surface area contributed by atoms with E-state index < -0.39 is 22.5 Å². The molecule has 0 aliphatic carbocycles. The number of nitrogens with zero attached hydrogens (tertiary/aromatic N) is 1. The Bertz CT molecular complexity index is 1540. The fourth-order valence-corrected chi connectivity index (χ4v) is 6.25. The molecule has 4 aromatic rings. The predicted molar refractivity (Wildman–Crippen MR) is 157 cm³/mol. The minimum atomic E-state index is -4.19. The minimum absolute atomic E-state index is 0.0492. The van der Waals surface area contributed by atoms with E-state index in [4.69, 9.17) is 14.2 Å². The Labute approximate surface area is 238 Å². The predicted octanol–water partition coefficient (Wildman–Crippen LogP) is 6.09. The molecule has 0 spiro atoms. The zero-order valence-corrected chi connectivity index (χ0v) is 24.0. The van der Waals surface area contributed by atoms with E-state index in [2.05, 4.69) is 5.32 Å². The molecule has 0 fully saturated rings. The zero-order chi connectivity index (χ0) is 28.5. The molecular weight excluding hydrogens is 548 g/mol. The standard InChI is InChI=1S/C30H30N2O6S2/c1-4-38-23-16-14-22(15-17-23)32(40(34,35)25-18-19-27(36-2)28(20-25)37-3)21-30(33)31-26-12-8-9-13-29(26)39-24-10-6-5-7-11-24/h5-20H,4,21H2,1-3H3,(H,31,33). The molecule has 8 nitrogen and oxygen atoms in total. The molecule has 0 heterocycles. The summed E-state index contributed by atoms with van der Waals surface area (Å²) < 4.78 is 45.0. The van der Waals surface area contributed by atoms with E-state index in [1.807, 2.05) is 55.5 Å². The fraction of sp³-hybridized carbons (Fsp3) is 0.167. The lowest BCUT2D eigenvalue weighted by Gasteiger charge is -2.25. The molecule has 40 heavy (non-hydrogen) atoms. The lowest BCUT2D eigenvalue weighted by atomic mass is 10.3. The van der Waals surface area contributed by atoms with Gasteiger partial charge in [-0.2, -0.15) is 0 Å². The van der Waals surface area contributed by atoms with Crippen LogP contribution in [0, 0.1) is 0 Å². The molecule has 0 unspecified atom stereocenters. The van der Waals surface area contributed by atoms with Gasteiger partial charge < -0.3 is 19.5 Å². The highest BCUT2D eigenvalue weighted by molar-refractivity contribution is 7.99. The van der Waals surface area contributed by atoms with Crippen LogP contribution in [0.2, 0.25) is 0 Å². The molecule has 0 saturated heterocycles. The van der Waals surface area contributed by atoms with Crippen LogP contribution in [0.5, 0.6) is 17.2 Å². The molecule has 1 N–H and O–H groups in total. The maximum atomic E-state index is 13.9. The molecule has 0 atom stereocenters. The van der Waals surface area contributed by atoms with Crippen LogP contribution >= 0.6 is 11.8 Å². The van der Waals surface area contributed by atoms with Gasteiger partial charge >= 0.3 is 0 Å². The van der Waals surface area contributed by atoms with Crippen LogP contribution in [0.15, 0.2) is 112 Å². The molecular formula is C30H30N2O6S2. The van der Waals surface area contributed by atoms with Crippen molar-refractivity contribution in [3.05, 3.63) is 97.1 Å². The number of amides is 1. The SMILES string of the molecule is CCOc1ccc(N(CC(=O)Nc2ccccc2Sc2ccccc2)S(=O)(=O)c2ccc(OC)c(OC)c2)cc1. The molecule has 1 amide bonds. The molecule has 0 radical (unpaired) electrons. The zero-order valence-electron chi connectivity index (χ0n) is 22.4. The largest absolute Gasteiger partial charge is 0.494 e. The third-order valence-corrected chi connectivity index (χ3v) is 8.65. The van der Waals surface area contributed by atoms with Crippen LogP contribution < -0.4 is 23.8 Å². The quantitative estimate of drug-likeness (QED) is 0.218. The van der Waals surface area contributed by atoms with Gasteiger partial charge in [-0.15, -0.1) is 0 Å². The highest BCUT2D eigenvalue weighted by atomic mass is 32.2. The van der Waals surface area contributed by atoms with E-state index in [0.717, 1.165) is 14.1 Å². The van der Waals surface area contributed by atoms with Gasteiger partial charge in [0.15, 0.2) is 11.5 Å². The van der Waals surface area contributed by atoms with E-state index in [-0.39, 0.29) is 10.6 Å². The Kier molecular flexibility index (Phi) is 9.57. The van der Waals surface area contributed by atoms with E-state index in [9.17, 15) is 13.2 Å². The minimum Gasteiger partial charge on any atom is -0.494 e.